The van der Waals surface area contributed by atoms with Crippen molar-refractivity contribution in [3.05, 3.63) is 22.9 Å². The van der Waals surface area contributed by atoms with Gasteiger partial charge in [0.25, 0.3) is 5.56 Å². The third-order valence-corrected chi connectivity index (χ3v) is 3.10. The Labute approximate surface area is 79.4 Å². The molecule has 0 N–H and O–H groups in total. The summed E-state index contributed by atoms with van der Waals surface area (Å²) in [5.41, 5.74) is 0.0757. The summed E-state index contributed by atoms with van der Waals surface area (Å²) in [5.74, 6) is 0. The van der Waals surface area contributed by atoms with E-state index in [0.29, 0.717) is 0 Å². The van der Waals surface area contributed by atoms with Gasteiger partial charge in [0.1, 0.15) is 14.1 Å². The molecule has 5 heteroatoms. The largest absolute Gasteiger partial charge is 0.407 e. The zero-order valence-corrected chi connectivity index (χ0v) is 8.63. The first-order valence-electron chi connectivity index (χ1n) is 3.94. The van der Waals surface area contributed by atoms with Crippen LogP contribution >= 0.6 is 11.5 Å². The first kappa shape index (κ1) is 8.37. The lowest BCUT2D eigenvalue weighted by molar-refractivity contribution is -0.790. The molecule has 0 aliphatic rings. The van der Waals surface area contributed by atoms with Gasteiger partial charge in [-0.3, -0.25) is 8.75 Å². The summed E-state index contributed by atoms with van der Waals surface area (Å²) in [4.78, 5) is 12.6. The summed E-state index contributed by atoms with van der Waals surface area (Å²) in [6.07, 6.45) is 3.80. The average molecular weight is 197 g/mol. The van der Waals surface area contributed by atoms with Gasteiger partial charge in [0.05, 0.1) is 0 Å². The lowest BCUT2D eigenvalue weighted by Gasteiger charge is -1.84. The monoisotopic (exact) mass is 197 g/mol. The van der Waals surface area contributed by atoms with Crippen molar-refractivity contribution < 1.29 is 9.13 Å². The first-order chi connectivity index (χ1) is 6.09. The van der Waals surface area contributed by atoms with Crippen LogP contribution in [0.4, 0.5) is 0 Å². The van der Waals surface area contributed by atoms with Crippen LogP contribution in [-0.4, -0.2) is 3.96 Å². The van der Waals surface area contributed by atoms with Crippen molar-refractivity contribution in [1.82, 2.24) is 3.96 Å². The van der Waals surface area contributed by atoms with Crippen LogP contribution in [0.2, 0.25) is 0 Å². The van der Waals surface area contributed by atoms with E-state index in [1.54, 1.807) is 11.0 Å². The highest BCUT2D eigenvalue weighted by Gasteiger charge is 2.18. The van der Waals surface area contributed by atoms with E-state index < -0.39 is 0 Å². The molecule has 0 aliphatic heterocycles. The zero-order chi connectivity index (χ0) is 9.59. The second-order valence-corrected chi connectivity index (χ2v) is 4.25. The third kappa shape index (κ3) is 1.16. The van der Waals surface area contributed by atoms with Crippen molar-refractivity contribution in [3.63, 3.8) is 0 Å². The molecule has 4 nitrogen and oxygen atoms in total. The number of aryl methyl sites for hydroxylation is 3. The van der Waals surface area contributed by atoms with E-state index in [-0.39, 0.29) is 5.56 Å². The van der Waals surface area contributed by atoms with Gasteiger partial charge < -0.3 is 0 Å². The number of rotatable bonds is 0. The number of aromatic nitrogens is 3. The molecule has 2 aromatic heterocycles. The van der Waals surface area contributed by atoms with E-state index >= 15 is 0 Å². The molecule has 2 rings (SSSR count). The Kier molecular flexibility index (Phi) is 1.69. The fourth-order valence-electron chi connectivity index (χ4n) is 1.41. The lowest BCUT2D eigenvalue weighted by Crippen LogP contribution is -2.42. The highest BCUT2D eigenvalue weighted by atomic mass is 32.1. The van der Waals surface area contributed by atoms with Gasteiger partial charge in [-0.2, -0.15) is 4.57 Å². The van der Waals surface area contributed by atoms with Crippen molar-refractivity contribution in [2.45, 2.75) is 0 Å². The van der Waals surface area contributed by atoms with E-state index in [2.05, 4.69) is 0 Å². The van der Waals surface area contributed by atoms with Crippen LogP contribution in [-0.2, 0) is 21.1 Å². The topological polar surface area (TPSA) is 29.8 Å². The molecule has 0 saturated heterocycles. The van der Waals surface area contributed by atoms with Crippen molar-refractivity contribution in [3.8, 4) is 0 Å². The third-order valence-electron chi connectivity index (χ3n) is 1.98. The van der Waals surface area contributed by atoms with E-state index in [1.807, 2.05) is 35.8 Å². The minimum Gasteiger partial charge on any atom is -0.267 e. The summed E-state index contributed by atoms with van der Waals surface area (Å²) in [6.45, 7) is 0. The zero-order valence-electron chi connectivity index (χ0n) is 7.81. The predicted octanol–water partition coefficient (Wildman–Crippen LogP) is -0.751. The van der Waals surface area contributed by atoms with Crippen LogP contribution < -0.4 is 14.7 Å². The molecule has 0 atom stereocenters. The summed E-state index contributed by atoms with van der Waals surface area (Å²) < 4.78 is 5.49. The fraction of sp³-hybridized carbons (Fsp3) is 0.375. The minimum atomic E-state index is 0.0757. The second kappa shape index (κ2) is 2.63. The molecule has 0 amide bonds. The van der Waals surface area contributed by atoms with Crippen LogP contribution in [0.25, 0.3) is 10.2 Å². The van der Waals surface area contributed by atoms with Crippen molar-refractivity contribution in [2.24, 2.45) is 21.1 Å². The number of nitrogens with zero attached hydrogens (tertiary/aromatic N) is 3. The normalized spacial score (nSPS) is 11.0. The maximum absolute atomic E-state index is 11.6. The van der Waals surface area contributed by atoms with Gasteiger partial charge in [-0.05, 0) is 0 Å². The smallest absolute Gasteiger partial charge is 0.267 e. The molecule has 68 valence electrons. The van der Waals surface area contributed by atoms with E-state index in [4.69, 9.17) is 0 Å². The van der Waals surface area contributed by atoms with Crippen LogP contribution in [0.5, 0.6) is 0 Å². The molecule has 0 radical (unpaired) electrons. The molecule has 0 fully saturated rings. The average Bonchev–Trinajstić information content (AvgIpc) is 2.32. The summed E-state index contributed by atoms with van der Waals surface area (Å²) in [6, 6.07) is 0. The van der Waals surface area contributed by atoms with Gasteiger partial charge >= 0.3 is 11.2 Å². The van der Waals surface area contributed by atoms with Crippen molar-refractivity contribution in [2.75, 3.05) is 0 Å². The minimum absolute atomic E-state index is 0.0757. The van der Waals surface area contributed by atoms with Gasteiger partial charge in [-0.1, -0.05) is 0 Å². The molecule has 2 aromatic rings. The van der Waals surface area contributed by atoms with E-state index in [9.17, 15) is 4.79 Å². The first-order valence-corrected chi connectivity index (χ1v) is 4.72. The Bertz CT molecular complexity index is 526. The second-order valence-electron chi connectivity index (χ2n) is 3.13. The van der Waals surface area contributed by atoms with Crippen LogP contribution in [0.1, 0.15) is 0 Å². The molecule has 0 saturated carbocycles. The molecule has 0 aromatic carbocycles. The van der Waals surface area contributed by atoms with Gasteiger partial charge in [0.2, 0.25) is 0 Å². The molecule has 0 spiro atoms. The van der Waals surface area contributed by atoms with Crippen LogP contribution in [0, 0.1) is 0 Å². The maximum Gasteiger partial charge on any atom is 0.407 e. The number of hydrogen-bond donors (Lipinski definition) is 0. The highest BCUT2D eigenvalue weighted by molar-refractivity contribution is 7.12. The van der Waals surface area contributed by atoms with Crippen LogP contribution in [0.15, 0.2) is 17.3 Å². The Balaban J connectivity index is 3.03. The van der Waals surface area contributed by atoms with E-state index in [1.165, 1.54) is 11.5 Å². The molecule has 0 unspecified atom stereocenters. The van der Waals surface area contributed by atoms with Gasteiger partial charge in [-0.15, -0.1) is 4.57 Å². The fourth-order valence-corrected chi connectivity index (χ4v) is 2.26. The molecular weight excluding hydrogens is 186 g/mol. The van der Waals surface area contributed by atoms with E-state index in [0.717, 1.165) is 10.2 Å². The van der Waals surface area contributed by atoms with Crippen LogP contribution in [0.3, 0.4) is 0 Å². The van der Waals surface area contributed by atoms with Gasteiger partial charge in [0.15, 0.2) is 11.6 Å². The SMILES string of the molecule is Cn1sc2c(c[n+](C)c[n+]2C)c1=O. The highest BCUT2D eigenvalue weighted by Crippen LogP contribution is 2.07. The Morgan fingerprint density at radius 1 is 1.46 bits per heavy atom. The lowest BCUT2D eigenvalue weighted by atomic mass is 10.4. The van der Waals surface area contributed by atoms with Crippen molar-refractivity contribution >= 4 is 21.7 Å². The summed E-state index contributed by atoms with van der Waals surface area (Å²) >= 11 is 1.47. The predicted molar refractivity (Wildman–Crippen MR) is 49.4 cm³/mol. The Morgan fingerprint density at radius 2 is 2.15 bits per heavy atom. The maximum atomic E-state index is 11.6. The molecular formula is C8H11N3OS+2. The summed E-state index contributed by atoms with van der Waals surface area (Å²) in [7, 11) is 5.64. The van der Waals surface area contributed by atoms with Crippen molar-refractivity contribution in [1.29, 1.82) is 0 Å². The Hall–Kier alpha value is -1.23. The standard InChI is InChI=1S/C8H11N3OS/c1-9-4-6-7(12)11(3)13-8(6)10(2)5-9/h4-5H,1-3H3/q+2. The van der Waals surface area contributed by atoms with Gasteiger partial charge in [-0.25, -0.2) is 0 Å². The van der Waals surface area contributed by atoms with Gasteiger partial charge in [0, 0.05) is 18.6 Å². The molecule has 13 heavy (non-hydrogen) atoms. The molecule has 0 bridgehead atoms. The Morgan fingerprint density at radius 3 is 2.85 bits per heavy atom. The quantitative estimate of drug-likeness (QED) is 0.511. The molecule has 0 aliphatic carbocycles. The number of hydrogen-bond acceptors (Lipinski definition) is 2. The summed E-state index contributed by atoms with van der Waals surface area (Å²) in [5, 5.41) is 0.778. The molecule has 2 heterocycles. The number of fused-ring (bicyclic) bond motifs is 1.